The molecule has 2 N–H and O–H groups in total. The Hall–Kier alpha value is -0.570. The van der Waals surface area contributed by atoms with Gasteiger partial charge in [-0.2, -0.15) is 0 Å². The third-order valence-electron chi connectivity index (χ3n) is 3.08. The molecule has 1 fully saturated rings. The average Bonchev–Trinajstić information content (AvgIpc) is 2.09. The van der Waals surface area contributed by atoms with Gasteiger partial charge in [-0.3, -0.25) is 4.79 Å². The molecule has 1 saturated heterocycles. The molecule has 0 aromatic heterocycles. The minimum atomic E-state index is -0.264. The molecule has 1 amide bonds. The summed E-state index contributed by atoms with van der Waals surface area (Å²) in [7, 11) is 0. The highest BCUT2D eigenvalue weighted by atomic mass is 16.2. The number of rotatable bonds is 2. The summed E-state index contributed by atoms with van der Waals surface area (Å²) in [6.45, 7) is 7.17. The van der Waals surface area contributed by atoms with Crippen LogP contribution in [-0.4, -0.2) is 28.9 Å². The lowest BCUT2D eigenvalue weighted by atomic mass is 9.94. The van der Waals surface area contributed by atoms with E-state index in [0.717, 1.165) is 25.8 Å². The fourth-order valence-electron chi connectivity index (χ4n) is 1.69. The molecular formula is C10H20N2O. The van der Waals surface area contributed by atoms with Crippen LogP contribution in [0.2, 0.25) is 0 Å². The van der Waals surface area contributed by atoms with E-state index in [1.807, 2.05) is 4.90 Å². The van der Waals surface area contributed by atoms with Gasteiger partial charge in [0.2, 0.25) is 5.91 Å². The van der Waals surface area contributed by atoms with Gasteiger partial charge in [-0.15, -0.1) is 0 Å². The maximum atomic E-state index is 11.7. The molecule has 76 valence electrons. The lowest BCUT2D eigenvalue weighted by Gasteiger charge is -2.42. The van der Waals surface area contributed by atoms with Crippen molar-refractivity contribution < 1.29 is 4.79 Å². The van der Waals surface area contributed by atoms with Crippen LogP contribution >= 0.6 is 0 Å². The zero-order valence-electron chi connectivity index (χ0n) is 8.84. The third-order valence-corrected chi connectivity index (χ3v) is 3.08. The first-order valence-electron chi connectivity index (χ1n) is 5.06. The topological polar surface area (TPSA) is 46.3 Å². The van der Waals surface area contributed by atoms with Crippen LogP contribution in [0, 0.1) is 0 Å². The Balaban J connectivity index is 2.73. The van der Waals surface area contributed by atoms with E-state index in [-0.39, 0.29) is 17.5 Å². The van der Waals surface area contributed by atoms with Crippen molar-refractivity contribution in [3.05, 3.63) is 0 Å². The summed E-state index contributed by atoms with van der Waals surface area (Å²) in [4.78, 5) is 13.7. The number of likely N-dealkylation sites (tertiary alicyclic amines) is 1. The summed E-state index contributed by atoms with van der Waals surface area (Å²) < 4.78 is 0. The number of nitrogens with zero attached hydrogens (tertiary/aromatic N) is 1. The number of carbonyl (C=O) groups is 1. The predicted octanol–water partition coefficient (Wildman–Crippen LogP) is 1.12. The summed E-state index contributed by atoms with van der Waals surface area (Å²) in [6, 6.07) is -0.264. The fraction of sp³-hybridized carbons (Fsp3) is 0.900. The van der Waals surface area contributed by atoms with Crippen LogP contribution in [0.1, 0.15) is 40.0 Å². The summed E-state index contributed by atoms with van der Waals surface area (Å²) in [6.07, 6.45) is 2.86. The lowest BCUT2D eigenvalue weighted by Crippen LogP contribution is -2.56. The van der Waals surface area contributed by atoms with Crippen LogP contribution in [0.4, 0.5) is 0 Å². The van der Waals surface area contributed by atoms with Gasteiger partial charge < -0.3 is 10.6 Å². The number of hydrogen-bond acceptors (Lipinski definition) is 2. The van der Waals surface area contributed by atoms with E-state index in [1.54, 1.807) is 0 Å². The second-order valence-corrected chi connectivity index (χ2v) is 4.40. The van der Waals surface area contributed by atoms with Crippen molar-refractivity contribution >= 4 is 5.91 Å². The highest BCUT2D eigenvalue weighted by Crippen LogP contribution is 2.23. The maximum Gasteiger partial charge on any atom is 0.239 e. The Morgan fingerprint density at radius 1 is 1.62 bits per heavy atom. The molecule has 1 atom stereocenters. The highest BCUT2D eigenvalue weighted by Gasteiger charge is 2.34. The average molecular weight is 184 g/mol. The lowest BCUT2D eigenvalue weighted by molar-refractivity contribution is -0.140. The number of carbonyl (C=O) groups excluding carboxylic acids is 1. The molecule has 0 radical (unpaired) electrons. The first-order chi connectivity index (χ1) is 5.99. The summed E-state index contributed by atoms with van der Waals surface area (Å²) >= 11 is 0. The molecule has 3 nitrogen and oxygen atoms in total. The molecular weight excluding hydrogens is 164 g/mol. The van der Waals surface area contributed by atoms with Crippen molar-refractivity contribution in [2.75, 3.05) is 6.54 Å². The third kappa shape index (κ3) is 2.02. The molecule has 0 aromatic carbocycles. The van der Waals surface area contributed by atoms with Gasteiger partial charge in [-0.05, 0) is 33.1 Å². The minimum absolute atomic E-state index is 0.0326. The van der Waals surface area contributed by atoms with Crippen molar-refractivity contribution in [1.82, 2.24) is 4.90 Å². The van der Waals surface area contributed by atoms with Crippen LogP contribution in [-0.2, 0) is 4.79 Å². The van der Waals surface area contributed by atoms with E-state index < -0.39 is 0 Å². The molecule has 1 aliphatic heterocycles. The number of amides is 1. The van der Waals surface area contributed by atoms with Gasteiger partial charge >= 0.3 is 0 Å². The first-order valence-corrected chi connectivity index (χ1v) is 5.06. The van der Waals surface area contributed by atoms with E-state index in [2.05, 4.69) is 20.8 Å². The Bertz CT molecular complexity index is 201. The monoisotopic (exact) mass is 184 g/mol. The van der Waals surface area contributed by atoms with Gasteiger partial charge in [-0.1, -0.05) is 6.92 Å². The van der Waals surface area contributed by atoms with Crippen LogP contribution < -0.4 is 5.73 Å². The Kier molecular flexibility index (Phi) is 2.96. The largest absolute Gasteiger partial charge is 0.336 e. The number of piperidine rings is 1. The SMILES string of the molecule is CCC(C)(C)N1CCCC(N)C1=O. The first kappa shape index (κ1) is 10.5. The molecule has 1 unspecified atom stereocenters. The van der Waals surface area contributed by atoms with Gasteiger partial charge in [-0.25, -0.2) is 0 Å². The van der Waals surface area contributed by atoms with E-state index in [9.17, 15) is 4.79 Å². The molecule has 1 aliphatic rings. The molecule has 0 bridgehead atoms. The number of hydrogen-bond donors (Lipinski definition) is 1. The Morgan fingerprint density at radius 3 is 2.77 bits per heavy atom. The standard InChI is InChI=1S/C10H20N2O/c1-4-10(2,3)12-7-5-6-8(11)9(12)13/h8H,4-7,11H2,1-3H3. The molecule has 1 heterocycles. The predicted molar refractivity (Wildman–Crippen MR) is 53.3 cm³/mol. The molecule has 0 saturated carbocycles. The zero-order chi connectivity index (χ0) is 10.1. The summed E-state index contributed by atoms with van der Waals surface area (Å²) in [5, 5.41) is 0. The zero-order valence-corrected chi connectivity index (χ0v) is 8.84. The van der Waals surface area contributed by atoms with Gasteiger partial charge in [0.1, 0.15) is 0 Å². The molecule has 3 heteroatoms. The smallest absolute Gasteiger partial charge is 0.239 e. The van der Waals surface area contributed by atoms with Crippen molar-refractivity contribution in [3.63, 3.8) is 0 Å². The molecule has 1 rings (SSSR count). The molecule has 0 spiro atoms. The van der Waals surface area contributed by atoms with Crippen molar-refractivity contribution in [2.45, 2.75) is 51.6 Å². The van der Waals surface area contributed by atoms with Crippen LogP contribution in [0.25, 0.3) is 0 Å². The molecule has 13 heavy (non-hydrogen) atoms. The van der Waals surface area contributed by atoms with Crippen molar-refractivity contribution in [1.29, 1.82) is 0 Å². The number of nitrogens with two attached hydrogens (primary N) is 1. The maximum absolute atomic E-state index is 11.7. The summed E-state index contributed by atoms with van der Waals surface area (Å²) in [5.74, 6) is 0.123. The molecule has 0 aromatic rings. The van der Waals surface area contributed by atoms with Gasteiger partial charge in [0.05, 0.1) is 6.04 Å². The highest BCUT2D eigenvalue weighted by molar-refractivity contribution is 5.83. The Morgan fingerprint density at radius 2 is 2.23 bits per heavy atom. The van der Waals surface area contributed by atoms with Gasteiger partial charge in [0, 0.05) is 12.1 Å². The Labute approximate surface area is 80.3 Å². The normalized spacial score (nSPS) is 25.1. The van der Waals surface area contributed by atoms with Crippen LogP contribution in [0.3, 0.4) is 0 Å². The van der Waals surface area contributed by atoms with Gasteiger partial charge in [0.15, 0.2) is 0 Å². The van der Waals surface area contributed by atoms with Crippen molar-refractivity contribution in [3.8, 4) is 0 Å². The van der Waals surface area contributed by atoms with Crippen molar-refractivity contribution in [2.24, 2.45) is 5.73 Å². The second-order valence-electron chi connectivity index (χ2n) is 4.40. The van der Waals surface area contributed by atoms with Crippen LogP contribution in [0.15, 0.2) is 0 Å². The summed E-state index contributed by atoms with van der Waals surface area (Å²) in [5.41, 5.74) is 5.70. The van der Waals surface area contributed by atoms with Gasteiger partial charge in [0.25, 0.3) is 0 Å². The second kappa shape index (κ2) is 3.66. The van der Waals surface area contributed by atoms with E-state index in [0.29, 0.717) is 0 Å². The van der Waals surface area contributed by atoms with E-state index in [4.69, 9.17) is 5.73 Å². The van der Waals surface area contributed by atoms with Crippen LogP contribution in [0.5, 0.6) is 0 Å². The van der Waals surface area contributed by atoms with E-state index in [1.165, 1.54) is 0 Å². The fourth-order valence-corrected chi connectivity index (χ4v) is 1.69. The van der Waals surface area contributed by atoms with E-state index >= 15 is 0 Å². The quantitative estimate of drug-likeness (QED) is 0.699. The molecule has 0 aliphatic carbocycles. The minimum Gasteiger partial charge on any atom is -0.336 e.